The van der Waals surface area contributed by atoms with Gasteiger partial charge in [0.2, 0.25) is 0 Å². The minimum atomic E-state index is -4.61. The molecule has 154 valence electrons. The molecule has 0 unspecified atom stereocenters. The first-order valence-corrected chi connectivity index (χ1v) is 9.61. The summed E-state index contributed by atoms with van der Waals surface area (Å²) in [6.45, 7) is -0.699. The molecule has 0 radical (unpaired) electrons. The molecule has 0 atom stereocenters. The van der Waals surface area contributed by atoms with E-state index < -0.39 is 35.9 Å². The number of anilines is 1. The Labute approximate surface area is 174 Å². The van der Waals surface area contributed by atoms with Crippen molar-refractivity contribution in [1.29, 1.82) is 0 Å². The summed E-state index contributed by atoms with van der Waals surface area (Å²) in [4.78, 5) is 25.5. The molecule has 1 heterocycles. The van der Waals surface area contributed by atoms with Crippen molar-refractivity contribution in [2.45, 2.75) is 6.18 Å². The highest BCUT2D eigenvalue weighted by atomic mass is 32.1. The highest BCUT2D eigenvalue weighted by Crippen LogP contribution is 2.34. The lowest BCUT2D eigenvalue weighted by Gasteiger charge is -2.13. The number of alkyl halides is 3. The van der Waals surface area contributed by atoms with Crippen molar-refractivity contribution in [3.05, 3.63) is 83.2 Å². The largest absolute Gasteiger partial charge is 0.452 e. The zero-order valence-corrected chi connectivity index (χ0v) is 16.3. The smallest absolute Gasteiger partial charge is 0.418 e. The number of para-hydroxylation sites is 1. The molecule has 2 aromatic carbocycles. The second-order valence-corrected chi connectivity index (χ2v) is 7.22. The van der Waals surface area contributed by atoms with Crippen LogP contribution in [0, 0.1) is 0 Å². The van der Waals surface area contributed by atoms with Crippen molar-refractivity contribution in [2.75, 3.05) is 11.9 Å². The summed E-state index contributed by atoms with van der Waals surface area (Å²) >= 11 is 1.48. The van der Waals surface area contributed by atoms with Crippen LogP contribution in [-0.2, 0) is 20.5 Å². The molecule has 4 nitrogen and oxygen atoms in total. The molecule has 8 heteroatoms. The number of benzene rings is 2. The van der Waals surface area contributed by atoms with Crippen LogP contribution in [-0.4, -0.2) is 18.5 Å². The van der Waals surface area contributed by atoms with Gasteiger partial charge in [0.25, 0.3) is 5.91 Å². The molecule has 0 aliphatic rings. The Bertz CT molecular complexity index is 1060. The number of amides is 1. The summed E-state index contributed by atoms with van der Waals surface area (Å²) in [5.74, 6) is -1.64. The van der Waals surface area contributed by atoms with E-state index in [4.69, 9.17) is 4.74 Å². The summed E-state index contributed by atoms with van der Waals surface area (Å²) in [5, 5.41) is 2.11. The Balaban J connectivity index is 1.53. The second-order valence-electron chi connectivity index (χ2n) is 6.10. The van der Waals surface area contributed by atoms with Gasteiger partial charge in [0.15, 0.2) is 6.61 Å². The third-order valence-electron chi connectivity index (χ3n) is 3.92. The average Bonchev–Trinajstić information content (AvgIpc) is 3.20. The molecule has 30 heavy (non-hydrogen) atoms. The van der Waals surface area contributed by atoms with Crippen LogP contribution in [0.5, 0.6) is 0 Å². The Hall–Kier alpha value is -3.39. The lowest BCUT2D eigenvalue weighted by Crippen LogP contribution is -2.22. The fourth-order valence-electron chi connectivity index (χ4n) is 2.56. The van der Waals surface area contributed by atoms with Crippen molar-refractivity contribution < 1.29 is 27.5 Å². The van der Waals surface area contributed by atoms with Crippen LogP contribution >= 0.6 is 11.3 Å². The van der Waals surface area contributed by atoms with Crippen molar-refractivity contribution >= 4 is 35.0 Å². The minimum Gasteiger partial charge on any atom is -0.452 e. The van der Waals surface area contributed by atoms with Gasteiger partial charge in [-0.1, -0.05) is 42.5 Å². The summed E-state index contributed by atoms with van der Waals surface area (Å²) in [5.41, 5.74) is -0.314. The van der Waals surface area contributed by atoms with Gasteiger partial charge in [-0.2, -0.15) is 13.2 Å². The molecule has 1 aromatic heterocycles. The van der Waals surface area contributed by atoms with Crippen molar-refractivity contribution in [3.63, 3.8) is 0 Å². The number of carbonyl (C=O) groups is 2. The number of hydrogen-bond acceptors (Lipinski definition) is 4. The van der Waals surface area contributed by atoms with Crippen LogP contribution in [0.1, 0.15) is 10.4 Å². The van der Waals surface area contributed by atoms with Crippen LogP contribution in [0.3, 0.4) is 0 Å². The van der Waals surface area contributed by atoms with E-state index in [-0.39, 0.29) is 0 Å². The van der Waals surface area contributed by atoms with E-state index in [0.29, 0.717) is 0 Å². The summed E-state index contributed by atoms with van der Waals surface area (Å²) in [6.07, 6.45) is -1.89. The van der Waals surface area contributed by atoms with Crippen LogP contribution < -0.4 is 5.32 Å². The first-order valence-electron chi connectivity index (χ1n) is 8.79. The number of hydrogen-bond donors (Lipinski definition) is 1. The Kier molecular flexibility index (Phi) is 6.68. The Morgan fingerprint density at radius 1 is 0.967 bits per heavy atom. The van der Waals surface area contributed by atoms with E-state index in [1.807, 2.05) is 42.5 Å². The van der Waals surface area contributed by atoms with Gasteiger partial charge in [-0.15, -0.1) is 11.3 Å². The number of thiophene rings is 1. The molecule has 0 fully saturated rings. The predicted molar refractivity (Wildman–Crippen MR) is 110 cm³/mol. The lowest BCUT2D eigenvalue weighted by molar-refractivity contribution is -0.142. The Morgan fingerprint density at radius 3 is 2.40 bits per heavy atom. The molecular weight excluding hydrogens is 415 g/mol. The third-order valence-corrected chi connectivity index (χ3v) is 5.02. The quantitative estimate of drug-likeness (QED) is 0.407. The number of halogens is 3. The maximum Gasteiger partial charge on any atom is 0.418 e. The standard InChI is InChI=1S/C22H16F3NO3S/c23-22(24,25)17-8-4-5-9-18(17)26-20(27)14-29-21(28)13-11-16-10-12-19(30-16)15-6-2-1-3-7-15/h1-13H,14H2,(H,26,27)/b13-11+. The molecule has 3 aromatic rings. The Morgan fingerprint density at radius 2 is 1.67 bits per heavy atom. The molecule has 3 rings (SSSR count). The molecule has 0 saturated carbocycles. The molecular formula is C22H16F3NO3S. The van der Waals surface area contributed by atoms with Gasteiger partial charge >= 0.3 is 12.1 Å². The van der Waals surface area contributed by atoms with Crippen LogP contribution in [0.15, 0.2) is 72.8 Å². The van der Waals surface area contributed by atoms with Crippen LogP contribution in [0.25, 0.3) is 16.5 Å². The van der Waals surface area contributed by atoms with E-state index in [1.165, 1.54) is 23.5 Å². The summed E-state index contributed by atoms with van der Waals surface area (Å²) in [7, 11) is 0. The van der Waals surface area contributed by atoms with E-state index in [1.54, 1.807) is 6.08 Å². The van der Waals surface area contributed by atoms with Gasteiger partial charge in [0.1, 0.15) is 0 Å². The third kappa shape index (κ3) is 5.81. The first kappa shape index (κ1) is 21.3. The van der Waals surface area contributed by atoms with Gasteiger partial charge in [0, 0.05) is 15.8 Å². The van der Waals surface area contributed by atoms with E-state index in [0.717, 1.165) is 33.5 Å². The first-order chi connectivity index (χ1) is 14.3. The van der Waals surface area contributed by atoms with Gasteiger partial charge < -0.3 is 10.1 Å². The number of carbonyl (C=O) groups excluding carboxylic acids is 2. The lowest BCUT2D eigenvalue weighted by atomic mass is 10.1. The number of rotatable bonds is 6. The topological polar surface area (TPSA) is 55.4 Å². The van der Waals surface area contributed by atoms with Gasteiger partial charge in [-0.05, 0) is 35.9 Å². The predicted octanol–water partition coefficient (Wildman–Crippen LogP) is 5.63. The van der Waals surface area contributed by atoms with Gasteiger partial charge in [-0.3, -0.25) is 4.79 Å². The van der Waals surface area contributed by atoms with Crippen molar-refractivity contribution in [2.24, 2.45) is 0 Å². The SMILES string of the molecule is O=C(COC(=O)/C=C/c1ccc(-c2ccccc2)s1)Nc1ccccc1C(F)(F)F. The fraction of sp³-hybridized carbons (Fsp3) is 0.0909. The fourth-order valence-corrected chi connectivity index (χ4v) is 3.48. The zero-order chi connectivity index (χ0) is 21.6. The van der Waals surface area contributed by atoms with E-state index in [9.17, 15) is 22.8 Å². The molecule has 1 N–H and O–H groups in total. The highest BCUT2D eigenvalue weighted by molar-refractivity contribution is 7.16. The van der Waals surface area contributed by atoms with Crippen LogP contribution in [0.4, 0.5) is 18.9 Å². The van der Waals surface area contributed by atoms with Crippen LogP contribution in [0.2, 0.25) is 0 Å². The average molecular weight is 431 g/mol. The molecule has 1 amide bonds. The second kappa shape index (κ2) is 9.41. The van der Waals surface area contributed by atoms with E-state index >= 15 is 0 Å². The maximum absolute atomic E-state index is 12.9. The van der Waals surface area contributed by atoms with E-state index in [2.05, 4.69) is 5.32 Å². The minimum absolute atomic E-state index is 0.395. The molecule has 0 spiro atoms. The number of nitrogens with one attached hydrogen (secondary N) is 1. The highest BCUT2D eigenvalue weighted by Gasteiger charge is 2.33. The monoisotopic (exact) mass is 431 g/mol. The number of ether oxygens (including phenoxy) is 1. The van der Waals surface area contributed by atoms with Gasteiger partial charge in [-0.25, -0.2) is 4.79 Å². The molecule has 0 saturated heterocycles. The molecule has 0 aliphatic heterocycles. The molecule has 0 aliphatic carbocycles. The van der Waals surface area contributed by atoms with Gasteiger partial charge in [0.05, 0.1) is 11.3 Å². The summed E-state index contributed by atoms with van der Waals surface area (Å²) in [6, 6.07) is 18.1. The maximum atomic E-state index is 12.9. The number of esters is 1. The molecule has 0 bridgehead atoms. The summed E-state index contributed by atoms with van der Waals surface area (Å²) < 4.78 is 43.6. The normalized spacial score (nSPS) is 11.4. The zero-order valence-electron chi connectivity index (χ0n) is 15.5. The van der Waals surface area contributed by atoms with Crippen molar-refractivity contribution in [1.82, 2.24) is 0 Å². The van der Waals surface area contributed by atoms with Crippen molar-refractivity contribution in [3.8, 4) is 10.4 Å².